The molecule has 0 spiro atoms. The number of benzene rings is 5. The van der Waals surface area contributed by atoms with Crippen LogP contribution in [0.3, 0.4) is 0 Å². The molecule has 0 heterocycles. The van der Waals surface area contributed by atoms with Crippen molar-refractivity contribution in [1.29, 1.82) is 10.8 Å². The minimum absolute atomic E-state index is 0.308. The molecule has 194 valence electrons. The predicted molar refractivity (Wildman–Crippen MR) is 167 cm³/mol. The smallest absolute Gasteiger partial charge is 0.157 e. The number of aliphatic imine (C=N–C) groups is 2. The van der Waals surface area contributed by atoms with Gasteiger partial charge in [-0.25, -0.2) is 4.99 Å². The maximum absolute atomic E-state index is 8.90. The van der Waals surface area contributed by atoms with E-state index in [9.17, 15) is 0 Å². The van der Waals surface area contributed by atoms with Crippen LogP contribution in [0.4, 0.5) is 0 Å². The first kappa shape index (κ1) is 26.2. The summed E-state index contributed by atoms with van der Waals surface area (Å²) in [7, 11) is 0. The van der Waals surface area contributed by atoms with Crippen LogP contribution in [-0.2, 0) is 6.54 Å². The lowest BCUT2D eigenvalue weighted by atomic mass is 9.97. The number of nitrogens with zero attached hydrogens (tertiary/aromatic N) is 2. The Morgan fingerprint density at radius 1 is 0.600 bits per heavy atom. The molecule has 0 aromatic heterocycles. The fourth-order valence-corrected chi connectivity index (χ4v) is 4.37. The van der Waals surface area contributed by atoms with Crippen LogP contribution in [0.5, 0.6) is 0 Å². The average molecular weight is 520 g/mol. The Morgan fingerprint density at radius 2 is 1.10 bits per heavy atom. The standard InChI is InChI=1S/C35H29N5/c36-32(25-12-4-1-5-13-25)20-21-33(37)31-23-29-19-11-10-18-28(29)22-30(31)24-39-35(27-16-8-3-9-17-27)40-34(38)26-14-6-2-7-15-26/h1-23,36-37H,24H2,(H2,38,39,40)/b21-20-,36-32?,37-33?. The third-order valence-electron chi connectivity index (χ3n) is 6.49. The first-order valence-corrected chi connectivity index (χ1v) is 13.0. The van der Waals surface area contributed by atoms with Gasteiger partial charge in [-0.05, 0) is 46.2 Å². The summed E-state index contributed by atoms with van der Waals surface area (Å²) in [5.74, 6) is 0.908. The Balaban J connectivity index is 1.52. The average Bonchev–Trinajstić information content (AvgIpc) is 3.02. The van der Waals surface area contributed by atoms with Crippen LogP contribution in [0, 0.1) is 10.8 Å². The van der Waals surface area contributed by atoms with Crippen molar-refractivity contribution in [2.24, 2.45) is 15.7 Å². The van der Waals surface area contributed by atoms with Gasteiger partial charge in [0.15, 0.2) is 5.84 Å². The van der Waals surface area contributed by atoms with E-state index in [1.165, 1.54) is 0 Å². The topological polar surface area (TPSA) is 98.4 Å². The van der Waals surface area contributed by atoms with Gasteiger partial charge in [-0.3, -0.25) is 4.99 Å². The zero-order chi connectivity index (χ0) is 27.7. The van der Waals surface area contributed by atoms with Crippen LogP contribution >= 0.6 is 0 Å². The van der Waals surface area contributed by atoms with Crippen molar-refractivity contribution in [3.8, 4) is 0 Å². The highest BCUT2D eigenvalue weighted by Gasteiger charge is 2.11. The van der Waals surface area contributed by atoms with Crippen molar-refractivity contribution in [2.45, 2.75) is 6.54 Å². The molecule has 5 heteroatoms. The van der Waals surface area contributed by atoms with Crippen molar-refractivity contribution >= 4 is 33.9 Å². The highest BCUT2D eigenvalue weighted by Crippen LogP contribution is 2.22. The molecule has 0 aliphatic heterocycles. The Labute approximate surface area is 234 Å². The van der Waals surface area contributed by atoms with Crippen LogP contribution in [0.25, 0.3) is 10.8 Å². The number of fused-ring (bicyclic) bond motifs is 1. The van der Waals surface area contributed by atoms with E-state index in [0.29, 0.717) is 29.6 Å². The van der Waals surface area contributed by atoms with Gasteiger partial charge < -0.3 is 16.6 Å². The molecule has 0 saturated heterocycles. The number of hydrogen-bond donors (Lipinski definition) is 3. The van der Waals surface area contributed by atoms with Crippen molar-refractivity contribution in [2.75, 3.05) is 0 Å². The molecule has 5 nitrogen and oxygen atoms in total. The molecule has 0 aliphatic rings. The molecular weight excluding hydrogens is 490 g/mol. The molecule has 4 N–H and O–H groups in total. The van der Waals surface area contributed by atoms with Crippen LogP contribution in [0.1, 0.15) is 27.8 Å². The first-order chi connectivity index (χ1) is 19.6. The second-order valence-corrected chi connectivity index (χ2v) is 9.25. The highest BCUT2D eigenvalue weighted by atomic mass is 15.0. The molecular formula is C35H29N5. The molecule has 0 unspecified atom stereocenters. The maximum Gasteiger partial charge on any atom is 0.157 e. The number of amidine groups is 2. The molecule has 0 saturated carbocycles. The quantitative estimate of drug-likeness (QED) is 0.147. The van der Waals surface area contributed by atoms with E-state index < -0.39 is 0 Å². The summed E-state index contributed by atoms with van der Waals surface area (Å²) in [5.41, 5.74) is 11.2. The van der Waals surface area contributed by atoms with Crippen molar-refractivity contribution < 1.29 is 0 Å². The number of hydrogen-bond acceptors (Lipinski definition) is 3. The second-order valence-electron chi connectivity index (χ2n) is 9.25. The molecule has 0 amide bonds. The molecule has 0 atom stereocenters. The molecule has 5 aromatic carbocycles. The van der Waals surface area contributed by atoms with Gasteiger partial charge in [0.05, 0.1) is 18.0 Å². The van der Waals surface area contributed by atoms with E-state index in [1.54, 1.807) is 12.2 Å². The van der Waals surface area contributed by atoms with E-state index in [-0.39, 0.29) is 0 Å². The third kappa shape index (κ3) is 6.34. The highest BCUT2D eigenvalue weighted by molar-refractivity contribution is 6.15. The van der Waals surface area contributed by atoms with E-state index >= 15 is 0 Å². The lowest BCUT2D eigenvalue weighted by Crippen LogP contribution is -2.16. The van der Waals surface area contributed by atoms with Crippen molar-refractivity contribution in [3.63, 3.8) is 0 Å². The van der Waals surface area contributed by atoms with Gasteiger partial charge in [-0.2, -0.15) is 0 Å². The molecule has 40 heavy (non-hydrogen) atoms. The Kier molecular flexibility index (Phi) is 8.13. The Morgan fingerprint density at radius 3 is 1.73 bits per heavy atom. The van der Waals surface area contributed by atoms with Crippen LogP contribution in [-0.4, -0.2) is 23.1 Å². The SMILES string of the molecule is N=C(/C=C\C(=N)c1cc2ccccc2cc1C/N=C(\N=C(/N)c1ccccc1)c1ccccc1)c1ccccc1. The molecule has 5 rings (SSSR count). The van der Waals surface area contributed by atoms with E-state index in [4.69, 9.17) is 26.5 Å². The molecule has 0 aliphatic carbocycles. The maximum atomic E-state index is 8.90. The van der Waals surface area contributed by atoms with Crippen molar-refractivity contribution in [1.82, 2.24) is 0 Å². The van der Waals surface area contributed by atoms with Gasteiger partial charge in [0.1, 0.15) is 5.84 Å². The lowest BCUT2D eigenvalue weighted by molar-refractivity contribution is 1.06. The van der Waals surface area contributed by atoms with E-state index in [0.717, 1.165) is 38.6 Å². The van der Waals surface area contributed by atoms with E-state index in [2.05, 4.69) is 12.1 Å². The lowest BCUT2D eigenvalue weighted by Gasteiger charge is -2.11. The minimum Gasteiger partial charge on any atom is -0.383 e. The molecule has 0 fully saturated rings. The number of allylic oxidation sites excluding steroid dienone is 2. The number of rotatable bonds is 8. The van der Waals surface area contributed by atoms with Crippen molar-refractivity contribution in [3.05, 3.63) is 167 Å². The number of nitrogens with one attached hydrogen (secondary N) is 2. The predicted octanol–water partition coefficient (Wildman–Crippen LogP) is 7.18. The third-order valence-corrected chi connectivity index (χ3v) is 6.49. The van der Waals surface area contributed by atoms with Gasteiger partial charge in [0, 0.05) is 16.7 Å². The summed E-state index contributed by atoms with van der Waals surface area (Å²) in [6, 6.07) is 41.1. The van der Waals surface area contributed by atoms with E-state index in [1.807, 2.05) is 115 Å². The van der Waals surface area contributed by atoms with Crippen LogP contribution in [0.15, 0.2) is 150 Å². The van der Waals surface area contributed by atoms with Gasteiger partial charge >= 0.3 is 0 Å². The van der Waals surface area contributed by atoms with Crippen LogP contribution in [0.2, 0.25) is 0 Å². The summed E-state index contributed by atoms with van der Waals surface area (Å²) < 4.78 is 0. The largest absolute Gasteiger partial charge is 0.383 e. The minimum atomic E-state index is 0.308. The molecule has 0 radical (unpaired) electrons. The van der Waals surface area contributed by atoms with Gasteiger partial charge in [0.25, 0.3) is 0 Å². The molecule has 5 aromatic rings. The van der Waals surface area contributed by atoms with Gasteiger partial charge in [-0.1, -0.05) is 115 Å². The zero-order valence-electron chi connectivity index (χ0n) is 22.0. The Hall–Kier alpha value is -5.42. The fraction of sp³-hybridized carbons (Fsp3) is 0.0286. The summed E-state index contributed by atoms with van der Waals surface area (Å²) in [6.45, 7) is 0.308. The summed E-state index contributed by atoms with van der Waals surface area (Å²) in [5, 5.41) is 19.4. The summed E-state index contributed by atoms with van der Waals surface area (Å²) >= 11 is 0. The summed E-state index contributed by atoms with van der Waals surface area (Å²) in [6.07, 6.45) is 3.34. The van der Waals surface area contributed by atoms with Crippen LogP contribution < -0.4 is 5.73 Å². The molecule has 0 bridgehead atoms. The monoisotopic (exact) mass is 519 g/mol. The second kappa shape index (κ2) is 12.4. The summed E-state index contributed by atoms with van der Waals surface area (Å²) in [4.78, 5) is 9.62. The Bertz CT molecular complexity index is 1730. The first-order valence-electron chi connectivity index (χ1n) is 13.0. The van der Waals surface area contributed by atoms with Gasteiger partial charge in [-0.15, -0.1) is 0 Å². The van der Waals surface area contributed by atoms with Gasteiger partial charge in [0.2, 0.25) is 0 Å². The zero-order valence-corrected chi connectivity index (χ0v) is 22.0. The normalized spacial score (nSPS) is 12.1. The number of nitrogens with two attached hydrogens (primary N) is 1. The fourth-order valence-electron chi connectivity index (χ4n) is 4.37.